The van der Waals surface area contributed by atoms with Crippen LogP contribution in [0.15, 0.2) is 35.4 Å². The Morgan fingerprint density at radius 2 is 0.949 bits per heavy atom. The van der Waals surface area contributed by atoms with Gasteiger partial charge in [0.2, 0.25) is 0 Å². The van der Waals surface area contributed by atoms with Crippen molar-refractivity contribution in [2.24, 2.45) is 0 Å². The summed E-state index contributed by atoms with van der Waals surface area (Å²) in [7, 11) is 0. The van der Waals surface area contributed by atoms with Gasteiger partial charge in [-0.1, -0.05) is 0 Å². The number of allylic oxidation sites excluding steroid dienone is 4. The average molecular weight is 602 g/mol. The minimum absolute atomic E-state index is 0.561. The Hall–Kier alpha value is -1.20. The second-order valence-electron chi connectivity index (χ2n) is 14.7. The van der Waals surface area contributed by atoms with Crippen molar-refractivity contribution in [3.63, 3.8) is 0 Å². The van der Waals surface area contributed by atoms with E-state index in [0.717, 1.165) is 0 Å². The first kappa shape index (κ1) is 29.3. The van der Waals surface area contributed by atoms with E-state index in [0.29, 0.717) is 30.9 Å². The summed E-state index contributed by atoms with van der Waals surface area (Å²) >= 11 is -2.92. The zero-order valence-corrected chi connectivity index (χ0v) is 29.6. The summed E-state index contributed by atoms with van der Waals surface area (Å²) in [5.74, 6) is 2.26. The summed E-state index contributed by atoms with van der Waals surface area (Å²) in [5.41, 5.74) is 20.4. The van der Waals surface area contributed by atoms with E-state index in [1.54, 1.807) is 55.7 Å². The van der Waals surface area contributed by atoms with E-state index >= 15 is 0 Å². The number of hydrogen-bond donors (Lipinski definition) is 0. The van der Waals surface area contributed by atoms with Crippen LogP contribution in [-0.2, 0) is 20.3 Å². The molecule has 5 rings (SSSR count). The van der Waals surface area contributed by atoms with Crippen LogP contribution in [-0.4, -0.2) is 0 Å². The molecule has 0 spiro atoms. The number of benzene rings is 2. The van der Waals surface area contributed by atoms with Gasteiger partial charge in [0, 0.05) is 0 Å². The molecule has 0 aromatic heterocycles. The molecule has 210 valence electrons. The molecule has 0 fully saturated rings. The van der Waals surface area contributed by atoms with Crippen molar-refractivity contribution in [1.82, 2.24) is 0 Å². The molecule has 2 aliphatic carbocycles. The van der Waals surface area contributed by atoms with Crippen LogP contribution in [0.4, 0.5) is 0 Å². The van der Waals surface area contributed by atoms with Gasteiger partial charge < -0.3 is 0 Å². The summed E-state index contributed by atoms with van der Waals surface area (Å²) in [4.78, 5) is 0. The monoisotopic (exact) mass is 600 g/mol. The van der Waals surface area contributed by atoms with Crippen LogP contribution in [0.5, 0.6) is 0 Å². The Morgan fingerprint density at radius 1 is 0.590 bits per heavy atom. The fraction of sp³-hybridized carbons (Fsp3) is 0.579. The van der Waals surface area contributed by atoms with E-state index in [9.17, 15) is 0 Å². The normalized spacial score (nSPS) is 21.7. The van der Waals surface area contributed by atoms with E-state index in [1.807, 2.05) is 11.1 Å². The van der Waals surface area contributed by atoms with Gasteiger partial charge in [0.1, 0.15) is 0 Å². The number of rotatable bonds is 6. The minimum atomic E-state index is -2.92. The molecule has 2 unspecified atom stereocenters. The summed E-state index contributed by atoms with van der Waals surface area (Å²) < 4.78 is 7.06. The second-order valence-corrected chi connectivity index (χ2v) is 26.5. The van der Waals surface area contributed by atoms with Gasteiger partial charge in [-0.15, -0.1) is 0 Å². The first-order chi connectivity index (χ1) is 18.3. The van der Waals surface area contributed by atoms with Crippen LogP contribution in [0.1, 0.15) is 170 Å². The zero-order chi connectivity index (χ0) is 28.5. The fourth-order valence-electron chi connectivity index (χ4n) is 8.72. The van der Waals surface area contributed by atoms with Gasteiger partial charge in [-0.05, 0) is 0 Å². The van der Waals surface area contributed by atoms with Crippen molar-refractivity contribution in [3.8, 4) is 0 Å². The fourth-order valence-corrected chi connectivity index (χ4v) is 20.9. The van der Waals surface area contributed by atoms with Crippen LogP contribution < -0.4 is 0 Å². The van der Waals surface area contributed by atoms with Crippen LogP contribution in [0.25, 0.3) is 11.1 Å². The van der Waals surface area contributed by atoms with Gasteiger partial charge in [0.05, 0.1) is 0 Å². The van der Waals surface area contributed by atoms with Crippen molar-refractivity contribution in [2.75, 3.05) is 0 Å². The third kappa shape index (κ3) is 4.48. The second kappa shape index (κ2) is 10.6. The van der Waals surface area contributed by atoms with Gasteiger partial charge in [-0.3, -0.25) is 0 Å². The molecule has 0 saturated carbocycles. The predicted octanol–water partition coefficient (Wildman–Crippen LogP) is 12.4. The summed E-state index contributed by atoms with van der Waals surface area (Å²) in [6.07, 6.45) is 4.85. The van der Waals surface area contributed by atoms with Crippen molar-refractivity contribution < 1.29 is 20.3 Å². The topological polar surface area (TPSA) is 0 Å². The van der Waals surface area contributed by atoms with Gasteiger partial charge >= 0.3 is 246 Å². The molecular weight excluding hydrogens is 548 g/mol. The SMILES string of the molecule is CCC1=C2CCC3=C(CC)[CH](c4cc(C(C)C)cc(C(C)C)c43)[Zr]([CH3])([CH3])[CH]1c1cc(C(C)C)cc(C(C)C)c12. The van der Waals surface area contributed by atoms with Crippen LogP contribution in [0, 0.1) is 0 Å². The molecule has 0 amide bonds. The van der Waals surface area contributed by atoms with E-state index < -0.39 is 20.3 Å². The molecule has 0 saturated heterocycles. The van der Waals surface area contributed by atoms with Gasteiger partial charge in [0.15, 0.2) is 0 Å². The first-order valence-corrected chi connectivity index (χ1v) is 23.9. The van der Waals surface area contributed by atoms with Crippen LogP contribution >= 0.6 is 0 Å². The van der Waals surface area contributed by atoms with E-state index in [-0.39, 0.29) is 0 Å². The molecule has 2 aromatic rings. The quantitative estimate of drug-likeness (QED) is 0.309. The van der Waals surface area contributed by atoms with E-state index in [2.05, 4.69) is 103 Å². The Balaban J connectivity index is 1.85. The van der Waals surface area contributed by atoms with Gasteiger partial charge in [-0.25, -0.2) is 0 Å². The molecule has 0 nitrogen and oxygen atoms in total. The molecule has 39 heavy (non-hydrogen) atoms. The van der Waals surface area contributed by atoms with Crippen molar-refractivity contribution in [3.05, 3.63) is 79.9 Å². The summed E-state index contributed by atoms with van der Waals surface area (Å²) in [5, 5.41) is 0. The van der Waals surface area contributed by atoms with E-state index in [4.69, 9.17) is 0 Å². The molecule has 4 bridgehead atoms. The Bertz CT molecular complexity index is 1250. The molecule has 1 aliphatic heterocycles. The van der Waals surface area contributed by atoms with Crippen molar-refractivity contribution in [2.45, 2.75) is 135 Å². The third-order valence-electron chi connectivity index (χ3n) is 10.6. The maximum atomic E-state index is 2.84. The molecule has 1 heterocycles. The first-order valence-electron chi connectivity index (χ1n) is 16.1. The summed E-state index contributed by atoms with van der Waals surface area (Å²) in [6.45, 7) is 24.2. The third-order valence-corrected chi connectivity index (χ3v) is 21.2. The maximum absolute atomic E-state index is 2.92. The van der Waals surface area contributed by atoms with Crippen molar-refractivity contribution >= 4 is 11.1 Å². The Kier molecular flexibility index (Phi) is 7.94. The van der Waals surface area contributed by atoms with Crippen LogP contribution in [0.2, 0.25) is 9.26 Å². The zero-order valence-electron chi connectivity index (χ0n) is 27.1. The van der Waals surface area contributed by atoms with Crippen LogP contribution in [0.3, 0.4) is 0 Å². The number of fused-ring (bicyclic) bond motifs is 8. The number of hydrogen-bond acceptors (Lipinski definition) is 0. The van der Waals surface area contributed by atoms with Crippen molar-refractivity contribution in [1.29, 1.82) is 0 Å². The van der Waals surface area contributed by atoms with E-state index in [1.165, 1.54) is 25.7 Å². The molecule has 3 aliphatic rings. The van der Waals surface area contributed by atoms with Gasteiger partial charge in [0.25, 0.3) is 0 Å². The molecular formula is C38H54Zr. The standard InChI is InChI=1S/C36H48.2CH3.Zr/c1-11-25-15-29-17-27(21(3)4)19-33(23(7)8)35(29)31(25)13-14-32-26(12-2)16-30-18-28(22(5)6)20-34(24(9)10)36(30)32;;;/h15-24H,11-14H2,1-10H3;2*1H3;. The summed E-state index contributed by atoms with van der Waals surface area (Å²) in [6, 6.07) is 10.6. The molecule has 1 heteroatoms. The predicted molar refractivity (Wildman–Crippen MR) is 170 cm³/mol. The average Bonchev–Trinajstić information content (AvgIpc) is 3.38. The Morgan fingerprint density at radius 3 is 1.23 bits per heavy atom. The molecule has 2 atom stereocenters. The Labute approximate surface area is 245 Å². The molecule has 2 aromatic carbocycles. The molecule has 0 radical (unpaired) electrons. The molecule has 0 N–H and O–H groups in total. The van der Waals surface area contributed by atoms with Gasteiger partial charge in [-0.2, -0.15) is 0 Å².